The number of rotatable bonds is 5. The topological polar surface area (TPSA) is 52.5 Å². The Labute approximate surface area is 165 Å². The van der Waals surface area contributed by atoms with Gasteiger partial charge >= 0.3 is 0 Å². The van der Waals surface area contributed by atoms with Gasteiger partial charge in [0, 0.05) is 29.8 Å². The van der Waals surface area contributed by atoms with Crippen LogP contribution in [0.3, 0.4) is 0 Å². The van der Waals surface area contributed by atoms with E-state index in [1.54, 1.807) is 0 Å². The SMILES string of the molecule is Cc1cc2c(Cl)c3ccccc3c(CNC(O)C(C)CO)c2cc1C.Cl. The molecule has 0 spiro atoms. The van der Waals surface area contributed by atoms with Crippen LogP contribution in [0, 0.1) is 19.8 Å². The molecule has 3 N–H and O–H groups in total. The van der Waals surface area contributed by atoms with Crippen molar-refractivity contribution >= 4 is 45.6 Å². The van der Waals surface area contributed by atoms with Crippen molar-refractivity contribution in [2.24, 2.45) is 5.92 Å². The van der Waals surface area contributed by atoms with Crippen LogP contribution in [0.2, 0.25) is 5.02 Å². The Bertz CT molecular complexity index is 927. The molecule has 0 radical (unpaired) electrons. The van der Waals surface area contributed by atoms with Gasteiger partial charge in [0.05, 0.1) is 5.02 Å². The van der Waals surface area contributed by atoms with Crippen molar-refractivity contribution in [3.8, 4) is 0 Å². The van der Waals surface area contributed by atoms with Crippen LogP contribution >= 0.6 is 24.0 Å². The van der Waals surface area contributed by atoms with Gasteiger partial charge in [0.2, 0.25) is 0 Å². The molecule has 0 saturated carbocycles. The molecule has 0 bridgehead atoms. The van der Waals surface area contributed by atoms with Gasteiger partial charge in [0.25, 0.3) is 0 Å². The number of halogens is 2. The summed E-state index contributed by atoms with van der Waals surface area (Å²) < 4.78 is 0. The number of hydrogen-bond acceptors (Lipinski definition) is 3. The van der Waals surface area contributed by atoms with Gasteiger partial charge in [-0.25, -0.2) is 0 Å². The van der Waals surface area contributed by atoms with Crippen LogP contribution in [0.25, 0.3) is 21.5 Å². The average molecular weight is 394 g/mol. The normalized spacial score (nSPS) is 13.6. The van der Waals surface area contributed by atoms with Gasteiger partial charge in [-0.05, 0) is 47.4 Å². The molecule has 26 heavy (non-hydrogen) atoms. The zero-order valence-corrected chi connectivity index (χ0v) is 16.8. The fourth-order valence-corrected chi connectivity index (χ4v) is 3.49. The monoisotopic (exact) mass is 393 g/mol. The smallest absolute Gasteiger partial charge is 0.109 e. The Morgan fingerprint density at radius 2 is 1.58 bits per heavy atom. The second-order valence-electron chi connectivity index (χ2n) is 6.81. The first-order valence-electron chi connectivity index (χ1n) is 8.56. The highest BCUT2D eigenvalue weighted by Crippen LogP contribution is 2.37. The minimum Gasteiger partial charge on any atom is -0.396 e. The number of nitrogens with one attached hydrogen (secondary N) is 1. The van der Waals surface area contributed by atoms with Crippen LogP contribution in [0.5, 0.6) is 0 Å². The second kappa shape index (κ2) is 8.55. The summed E-state index contributed by atoms with van der Waals surface area (Å²) in [6.07, 6.45) is -0.763. The molecule has 3 rings (SSSR count). The number of aliphatic hydroxyl groups is 2. The summed E-state index contributed by atoms with van der Waals surface area (Å²) in [4.78, 5) is 0. The maximum atomic E-state index is 10.2. The minimum atomic E-state index is -0.763. The van der Waals surface area contributed by atoms with Crippen LogP contribution in [-0.2, 0) is 6.54 Å². The summed E-state index contributed by atoms with van der Waals surface area (Å²) in [6, 6.07) is 12.4. The summed E-state index contributed by atoms with van der Waals surface area (Å²) in [5.41, 5.74) is 3.53. The predicted octanol–water partition coefficient (Wildman–Crippen LogP) is 4.72. The number of hydrogen-bond donors (Lipinski definition) is 3. The van der Waals surface area contributed by atoms with E-state index >= 15 is 0 Å². The molecule has 3 aromatic rings. The second-order valence-corrected chi connectivity index (χ2v) is 7.18. The molecule has 0 aliphatic carbocycles. The molecule has 3 nitrogen and oxygen atoms in total. The van der Waals surface area contributed by atoms with Crippen molar-refractivity contribution in [2.75, 3.05) is 6.61 Å². The van der Waals surface area contributed by atoms with E-state index in [0.717, 1.165) is 32.1 Å². The molecule has 2 atom stereocenters. The Morgan fingerprint density at radius 1 is 1.00 bits per heavy atom. The Kier molecular flexibility index (Phi) is 6.89. The maximum Gasteiger partial charge on any atom is 0.109 e. The van der Waals surface area contributed by atoms with Crippen LogP contribution in [0.1, 0.15) is 23.6 Å². The molecule has 5 heteroatoms. The van der Waals surface area contributed by atoms with Gasteiger partial charge < -0.3 is 10.2 Å². The molecule has 0 aromatic heterocycles. The summed E-state index contributed by atoms with van der Waals surface area (Å²) >= 11 is 6.70. The van der Waals surface area contributed by atoms with E-state index < -0.39 is 6.23 Å². The summed E-state index contributed by atoms with van der Waals surface area (Å²) in [5, 5.41) is 27.5. The first-order chi connectivity index (χ1) is 11.9. The van der Waals surface area contributed by atoms with E-state index in [4.69, 9.17) is 11.6 Å². The van der Waals surface area contributed by atoms with Crippen LogP contribution in [0.15, 0.2) is 36.4 Å². The molecule has 0 fully saturated rings. The number of benzene rings is 3. The van der Waals surface area contributed by atoms with Crippen LogP contribution < -0.4 is 5.32 Å². The Morgan fingerprint density at radius 3 is 2.19 bits per heavy atom. The standard InChI is InChI=1S/C21H24ClNO2.ClH/c1-12-8-17-18(9-13(12)2)20(22)16-7-5-4-6-15(16)19(17)10-23-21(25)14(3)11-24;/h4-9,14,21,23-25H,10-11H2,1-3H3;1H. The van der Waals surface area contributed by atoms with Gasteiger partial charge in [-0.3, -0.25) is 5.32 Å². The van der Waals surface area contributed by atoms with E-state index in [-0.39, 0.29) is 24.9 Å². The molecule has 0 aliphatic heterocycles. The van der Waals surface area contributed by atoms with E-state index in [1.165, 1.54) is 11.1 Å². The molecule has 0 aliphatic rings. The quantitative estimate of drug-likeness (QED) is 0.434. The molecule has 0 saturated heterocycles. The van der Waals surface area contributed by atoms with Gasteiger partial charge in [-0.2, -0.15) is 0 Å². The molecule has 3 aromatic carbocycles. The molecule has 140 valence electrons. The van der Waals surface area contributed by atoms with Gasteiger partial charge in [-0.15, -0.1) is 12.4 Å². The van der Waals surface area contributed by atoms with Gasteiger partial charge in [-0.1, -0.05) is 48.9 Å². The number of aryl methyl sites for hydroxylation is 2. The lowest BCUT2D eigenvalue weighted by atomic mass is 9.93. The zero-order chi connectivity index (χ0) is 18.1. The zero-order valence-electron chi connectivity index (χ0n) is 15.2. The largest absolute Gasteiger partial charge is 0.396 e. The molecular formula is C21H25Cl2NO2. The lowest BCUT2D eigenvalue weighted by molar-refractivity contribution is 0.0496. The van der Waals surface area contributed by atoms with Crippen molar-refractivity contribution in [1.29, 1.82) is 0 Å². The van der Waals surface area contributed by atoms with E-state index in [1.807, 2.05) is 25.1 Å². The third-order valence-electron chi connectivity index (χ3n) is 5.00. The van der Waals surface area contributed by atoms with Crippen molar-refractivity contribution in [3.05, 3.63) is 58.1 Å². The third kappa shape index (κ3) is 3.83. The number of aliphatic hydroxyl groups excluding tert-OH is 2. The summed E-state index contributed by atoms with van der Waals surface area (Å²) in [5.74, 6) is -0.228. The molecule has 0 amide bonds. The fourth-order valence-electron chi connectivity index (χ4n) is 3.17. The molecule has 0 heterocycles. The minimum absolute atomic E-state index is 0. The molecule has 2 unspecified atom stereocenters. The highest BCUT2D eigenvalue weighted by atomic mass is 35.5. The Hall–Kier alpha value is -1.36. The van der Waals surface area contributed by atoms with Crippen molar-refractivity contribution < 1.29 is 10.2 Å². The Balaban J connectivity index is 0.00000243. The molecular weight excluding hydrogens is 369 g/mol. The predicted molar refractivity (Wildman–Crippen MR) is 112 cm³/mol. The van der Waals surface area contributed by atoms with E-state index in [9.17, 15) is 10.2 Å². The average Bonchev–Trinajstić information content (AvgIpc) is 2.62. The van der Waals surface area contributed by atoms with Crippen molar-refractivity contribution in [2.45, 2.75) is 33.5 Å². The number of fused-ring (bicyclic) bond motifs is 2. The lowest BCUT2D eigenvalue weighted by Crippen LogP contribution is -2.35. The maximum absolute atomic E-state index is 10.2. The summed E-state index contributed by atoms with van der Waals surface area (Å²) in [6.45, 7) is 6.43. The third-order valence-corrected chi connectivity index (χ3v) is 5.41. The fraction of sp³-hybridized carbons (Fsp3) is 0.333. The first kappa shape index (κ1) is 20.9. The van der Waals surface area contributed by atoms with Gasteiger partial charge in [0.15, 0.2) is 0 Å². The van der Waals surface area contributed by atoms with E-state index in [2.05, 4.69) is 37.4 Å². The highest BCUT2D eigenvalue weighted by molar-refractivity contribution is 6.41. The highest BCUT2D eigenvalue weighted by Gasteiger charge is 2.16. The van der Waals surface area contributed by atoms with Crippen LogP contribution in [0.4, 0.5) is 0 Å². The van der Waals surface area contributed by atoms with Gasteiger partial charge in [0.1, 0.15) is 6.23 Å². The van der Waals surface area contributed by atoms with Crippen molar-refractivity contribution in [1.82, 2.24) is 5.32 Å². The lowest BCUT2D eigenvalue weighted by Gasteiger charge is -2.21. The van der Waals surface area contributed by atoms with Crippen LogP contribution in [-0.4, -0.2) is 23.0 Å². The first-order valence-corrected chi connectivity index (χ1v) is 8.94. The summed E-state index contributed by atoms with van der Waals surface area (Å²) in [7, 11) is 0. The van der Waals surface area contributed by atoms with E-state index in [0.29, 0.717) is 6.54 Å². The van der Waals surface area contributed by atoms with Crippen molar-refractivity contribution in [3.63, 3.8) is 0 Å².